The van der Waals surface area contributed by atoms with Crippen LogP contribution >= 0.6 is 23.4 Å². The maximum Gasteiger partial charge on any atom is 0.291 e. The summed E-state index contributed by atoms with van der Waals surface area (Å²) in [7, 11) is 0. The van der Waals surface area contributed by atoms with E-state index in [1.165, 1.54) is 0 Å². The van der Waals surface area contributed by atoms with Gasteiger partial charge in [-0.05, 0) is 42.4 Å². The molecule has 0 saturated carbocycles. The van der Waals surface area contributed by atoms with Crippen LogP contribution in [0.15, 0.2) is 59.9 Å². The minimum absolute atomic E-state index is 0.263. The summed E-state index contributed by atoms with van der Waals surface area (Å²) in [5.74, 6) is -2.53. The van der Waals surface area contributed by atoms with Crippen LogP contribution < -0.4 is 0 Å². The van der Waals surface area contributed by atoms with E-state index < -0.39 is 5.76 Å². The van der Waals surface area contributed by atoms with Crippen molar-refractivity contribution >= 4 is 23.4 Å². The third-order valence-electron chi connectivity index (χ3n) is 3.38. The molecule has 3 rings (SSSR count). The van der Waals surface area contributed by atoms with Gasteiger partial charge in [-0.15, -0.1) is 0 Å². The first-order valence-electron chi connectivity index (χ1n) is 6.91. The fraction of sp³-hybridized carbons (Fsp3) is 0.118. The SMILES string of the molecule is Cc1ccccc1-n1cc(-c2ccc(Cl)cc2)nc1SC(F)F. The highest BCUT2D eigenvalue weighted by Crippen LogP contribution is 2.31. The van der Waals surface area contributed by atoms with Crippen LogP contribution in [0.3, 0.4) is 0 Å². The molecule has 0 aliphatic carbocycles. The zero-order valence-corrected chi connectivity index (χ0v) is 13.8. The van der Waals surface area contributed by atoms with Crippen LogP contribution in [0.1, 0.15) is 5.56 Å². The molecule has 0 atom stereocenters. The molecule has 23 heavy (non-hydrogen) atoms. The van der Waals surface area contributed by atoms with Gasteiger partial charge in [0, 0.05) is 16.8 Å². The molecule has 2 aromatic carbocycles. The molecule has 0 radical (unpaired) electrons. The van der Waals surface area contributed by atoms with E-state index in [-0.39, 0.29) is 5.16 Å². The third-order valence-corrected chi connectivity index (χ3v) is 4.31. The zero-order chi connectivity index (χ0) is 16.4. The minimum atomic E-state index is -2.53. The first kappa shape index (κ1) is 16.0. The molecule has 2 nitrogen and oxygen atoms in total. The first-order valence-corrected chi connectivity index (χ1v) is 8.16. The summed E-state index contributed by atoms with van der Waals surface area (Å²) in [5.41, 5.74) is 3.29. The number of rotatable bonds is 4. The first-order chi connectivity index (χ1) is 11.0. The third kappa shape index (κ3) is 3.57. The van der Waals surface area contributed by atoms with Gasteiger partial charge in [0.1, 0.15) is 0 Å². The minimum Gasteiger partial charge on any atom is -0.294 e. The molecule has 0 bridgehead atoms. The molecule has 118 valence electrons. The predicted octanol–water partition coefficient (Wildman–Crippen LogP) is 5.82. The Morgan fingerprint density at radius 1 is 1.09 bits per heavy atom. The second-order valence-electron chi connectivity index (χ2n) is 4.95. The maximum absolute atomic E-state index is 12.9. The van der Waals surface area contributed by atoms with Crippen molar-refractivity contribution in [3.05, 3.63) is 65.3 Å². The van der Waals surface area contributed by atoms with E-state index >= 15 is 0 Å². The van der Waals surface area contributed by atoms with Crippen molar-refractivity contribution in [2.45, 2.75) is 17.8 Å². The number of alkyl halides is 2. The average Bonchev–Trinajstić information content (AvgIpc) is 2.91. The number of imidazole rings is 1. The number of aryl methyl sites for hydroxylation is 1. The molecular weight excluding hydrogens is 338 g/mol. The summed E-state index contributed by atoms with van der Waals surface area (Å²) in [4.78, 5) is 4.37. The highest BCUT2D eigenvalue weighted by molar-refractivity contribution is 7.99. The van der Waals surface area contributed by atoms with Gasteiger partial charge >= 0.3 is 0 Å². The Hall–Kier alpha value is -1.85. The summed E-state index contributed by atoms with van der Waals surface area (Å²) >= 11 is 6.33. The summed E-state index contributed by atoms with van der Waals surface area (Å²) in [6.45, 7) is 1.94. The number of nitrogens with zero attached hydrogens (tertiary/aromatic N) is 2. The molecule has 0 fully saturated rings. The van der Waals surface area contributed by atoms with Gasteiger partial charge in [0.15, 0.2) is 5.16 Å². The molecular formula is C17H13ClF2N2S. The van der Waals surface area contributed by atoms with Crippen molar-refractivity contribution in [3.8, 4) is 16.9 Å². The van der Waals surface area contributed by atoms with Gasteiger partial charge in [-0.2, -0.15) is 8.78 Å². The normalized spacial score (nSPS) is 11.2. The molecule has 0 spiro atoms. The number of benzene rings is 2. The van der Waals surface area contributed by atoms with E-state index in [0.29, 0.717) is 22.5 Å². The molecule has 0 amide bonds. The Morgan fingerprint density at radius 2 is 1.78 bits per heavy atom. The van der Waals surface area contributed by atoms with Gasteiger partial charge in [-0.3, -0.25) is 4.57 Å². The Morgan fingerprint density at radius 3 is 2.43 bits per heavy atom. The van der Waals surface area contributed by atoms with Gasteiger partial charge in [0.25, 0.3) is 5.76 Å². The fourth-order valence-electron chi connectivity index (χ4n) is 2.29. The van der Waals surface area contributed by atoms with Crippen LogP contribution in [-0.2, 0) is 0 Å². The van der Waals surface area contributed by atoms with Crippen LogP contribution in [-0.4, -0.2) is 15.3 Å². The van der Waals surface area contributed by atoms with E-state index in [1.54, 1.807) is 22.9 Å². The van der Waals surface area contributed by atoms with Crippen molar-refractivity contribution < 1.29 is 8.78 Å². The van der Waals surface area contributed by atoms with Crippen molar-refractivity contribution in [1.29, 1.82) is 0 Å². The molecule has 0 unspecified atom stereocenters. The quantitative estimate of drug-likeness (QED) is 0.552. The van der Waals surface area contributed by atoms with Gasteiger partial charge in [0.05, 0.1) is 11.4 Å². The molecule has 0 N–H and O–H groups in total. The number of hydrogen-bond acceptors (Lipinski definition) is 2. The highest BCUT2D eigenvalue weighted by Gasteiger charge is 2.17. The van der Waals surface area contributed by atoms with Crippen LogP contribution in [0.2, 0.25) is 5.02 Å². The Bertz CT molecular complexity index is 816. The van der Waals surface area contributed by atoms with Crippen LogP contribution in [0, 0.1) is 6.92 Å². The summed E-state index contributed by atoms with van der Waals surface area (Å²) in [5, 5.41) is 0.883. The second kappa shape index (κ2) is 6.72. The Kier molecular flexibility index (Phi) is 4.68. The zero-order valence-electron chi connectivity index (χ0n) is 12.2. The van der Waals surface area contributed by atoms with Crippen molar-refractivity contribution in [1.82, 2.24) is 9.55 Å². The van der Waals surface area contributed by atoms with E-state index in [4.69, 9.17) is 11.6 Å². The number of hydrogen-bond donors (Lipinski definition) is 0. The lowest BCUT2D eigenvalue weighted by molar-refractivity contribution is 0.251. The molecule has 0 saturated heterocycles. The van der Waals surface area contributed by atoms with Crippen LogP contribution in [0.25, 0.3) is 16.9 Å². The van der Waals surface area contributed by atoms with E-state index in [0.717, 1.165) is 16.8 Å². The molecule has 0 aliphatic heterocycles. The molecule has 1 heterocycles. The standard InChI is InChI=1S/C17H13ClF2N2S/c1-11-4-2-3-5-15(11)22-10-14(21-17(22)23-16(19)20)12-6-8-13(18)9-7-12/h2-10,16H,1H3. The smallest absolute Gasteiger partial charge is 0.291 e. The van der Waals surface area contributed by atoms with Gasteiger partial charge in [0.2, 0.25) is 0 Å². The summed E-state index contributed by atoms with van der Waals surface area (Å²) < 4.78 is 27.5. The van der Waals surface area contributed by atoms with Gasteiger partial charge in [-0.1, -0.05) is 41.9 Å². The number of thioether (sulfide) groups is 1. The van der Waals surface area contributed by atoms with Gasteiger partial charge < -0.3 is 0 Å². The summed E-state index contributed by atoms with van der Waals surface area (Å²) in [6, 6.07) is 14.8. The molecule has 3 aromatic rings. The second-order valence-corrected chi connectivity index (χ2v) is 6.34. The molecule has 1 aromatic heterocycles. The Balaban J connectivity index is 2.10. The lowest BCUT2D eigenvalue weighted by atomic mass is 10.2. The largest absolute Gasteiger partial charge is 0.294 e. The van der Waals surface area contributed by atoms with Gasteiger partial charge in [-0.25, -0.2) is 4.98 Å². The lowest BCUT2D eigenvalue weighted by Gasteiger charge is -2.09. The number of halogens is 3. The summed E-state index contributed by atoms with van der Waals surface area (Å²) in [6.07, 6.45) is 1.77. The van der Waals surface area contributed by atoms with E-state index in [9.17, 15) is 8.78 Å². The predicted molar refractivity (Wildman–Crippen MR) is 90.6 cm³/mol. The van der Waals surface area contributed by atoms with Crippen LogP contribution in [0.4, 0.5) is 8.78 Å². The lowest BCUT2D eigenvalue weighted by Crippen LogP contribution is -1.98. The topological polar surface area (TPSA) is 17.8 Å². The molecule has 0 aliphatic rings. The van der Waals surface area contributed by atoms with Crippen LogP contribution in [0.5, 0.6) is 0 Å². The highest BCUT2D eigenvalue weighted by atomic mass is 35.5. The monoisotopic (exact) mass is 350 g/mol. The van der Waals surface area contributed by atoms with Crippen molar-refractivity contribution in [3.63, 3.8) is 0 Å². The van der Waals surface area contributed by atoms with Crippen molar-refractivity contribution in [2.75, 3.05) is 0 Å². The van der Waals surface area contributed by atoms with Crippen molar-refractivity contribution in [2.24, 2.45) is 0 Å². The Labute approximate surface area is 142 Å². The number of aromatic nitrogens is 2. The fourth-order valence-corrected chi connectivity index (χ4v) is 2.99. The van der Waals surface area contributed by atoms with E-state index in [1.807, 2.05) is 43.3 Å². The molecule has 6 heteroatoms. The number of para-hydroxylation sites is 1. The van der Waals surface area contributed by atoms with E-state index in [2.05, 4.69) is 4.98 Å². The maximum atomic E-state index is 12.9. The average molecular weight is 351 g/mol.